The predicted molar refractivity (Wildman–Crippen MR) is 134 cm³/mol. The standard InChI is InChI=1S/C27H36F3NO7/c1-20(33)37-26-10-9-22(16-23(26)18-32)25(34)17-31-11-4-2-3-5-12-35-13-14-36-19-21-7-6-8-24(15-21)38-27(28,29)30/h6-10,15-16,25,31-32,34H,2-5,11-14,17-19H2,1H3/t25-/m0/s1. The summed E-state index contributed by atoms with van der Waals surface area (Å²) in [7, 11) is 0. The molecule has 11 heteroatoms. The number of carbonyl (C=O) groups is 1. The lowest BCUT2D eigenvalue weighted by Crippen LogP contribution is -2.22. The van der Waals surface area contributed by atoms with Crippen molar-refractivity contribution < 1.29 is 47.1 Å². The van der Waals surface area contributed by atoms with Crippen LogP contribution in [0.25, 0.3) is 0 Å². The molecular formula is C27H36F3NO7. The average molecular weight is 544 g/mol. The van der Waals surface area contributed by atoms with E-state index >= 15 is 0 Å². The van der Waals surface area contributed by atoms with Crippen LogP contribution in [0.4, 0.5) is 13.2 Å². The van der Waals surface area contributed by atoms with Crippen molar-refractivity contribution in [1.29, 1.82) is 0 Å². The Kier molecular flexibility index (Phi) is 14.1. The molecule has 0 aliphatic rings. The van der Waals surface area contributed by atoms with Crippen LogP contribution >= 0.6 is 0 Å². The van der Waals surface area contributed by atoms with Gasteiger partial charge in [-0.25, -0.2) is 0 Å². The number of hydrogen-bond acceptors (Lipinski definition) is 8. The van der Waals surface area contributed by atoms with Crippen LogP contribution in [0.3, 0.4) is 0 Å². The van der Waals surface area contributed by atoms with Gasteiger partial charge >= 0.3 is 12.3 Å². The Labute approximate surface area is 220 Å². The third-order valence-electron chi connectivity index (χ3n) is 5.40. The summed E-state index contributed by atoms with van der Waals surface area (Å²) in [5.41, 5.74) is 1.65. The summed E-state index contributed by atoms with van der Waals surface area (Å²) in [4.78, 5) is 11.1. The number of esters is 1. The Morgan fingerprint density at radius 2 is 1.76 bits per heavy atom. The molecule has 0 aliphatic heterocycles. The Bertz CT molecular complexity index is 972. The Morgan fingerprint density at radius 3 is 2.50 bits per heavy atom. The lowest BCUT2D eigenvalue weighted by Gasteiger charge is -2.15. The minimum Gasteiger partial charge on any atom is -0.426 e. The van der Waals surface area contributed by atoms with Crippen LogP contribution < -0.4 is 14.8 Å². The van der Waals surface area contributed by atoms with Gasteiger partial charge in [-0.1, -0.05) is 31.0 Å². The Morgan fingerprint density at radius 1 is 1.00 bits per heavy atom. The first-order chi connectivity index (χ1) is 18.2. The van der Waals surface area contributed by atoms with Crippen LogP contribution in [0, 0.1) is 0 Å². The molecule has 2 aromatic carbocycles. The van der Waals surface area contributed by atoms with E-state index in [0.717, 1.165) is 32.2 Å². The van der Waals surface area contributed by atoms with Crippen molar-refractivity contribution in [3.63, 3.8) is 0 Å². The first kappa shape index (κ1) is 31.5. The number of benzene rings is 2. The highest BCUT2D eigenvalue weighted by Crippen LogP contribution is 2.25. The second kappa shape index (κ2) is 17.0. The number of nitrogens with one attached hydrogen (secondary N) is 1. The lowest BCUT2D eigenvalue weighted by molar-refractivity contribution is -0.274. The normalized spacial score (nSPS) is 12.4. The highest BCUT2D eigenvalue weighted by atomic mass is 19.4. The van der Waals surface area contributed by atoms with Gasteiger partial charge in [0.2, 0.25) is 0 Å². The molecular weight excluding hydrogens is 507 g/mol. The van der Waals surface area contributed by atoms with E-state index in [1.807, 2.05) is 0 Å². The van der Waals surface area contributed by atoms with Gasteiger partial charge in [-0.3, -0.25) is 4.79 Å². The van der Waals surface area contributed by atoms with E-state index in [1.54, 1.807) is 24.3 Å². The monoisotopic (exact) mass is 543 g/mol. The molecule has 0 spiro atoms. The molecule has 0 heterocycles. The van der Waals surface area contributed by atoms with E-state index in [9.17, 15) is 28.2 Å². The summed E-state index contributed by atoms with van der Waals surface area (Å²) < 4.78 is 56.7. The van der Waals surface area contributed by atoms with Crippen LogP contribution in [-0.2, 0) is 27.5 Å². The molecule has 3 N–H and O–H groups in total. The summed E-state index contributed by atoms with van der Waals surface area (Å²) in [5, 5.41) is 23.0. The third-order valence-corrected chi connectivity index (χ3v) is 5.40. The summed E-state index contributed by atoms with van der Waals surface area (Å²) in [5.74, 6) is -0.466. The molecule has 0 unspecified atom stereocenters. The number of unbranched alkanes of at least 4 members (excludes halogenated alkanes) is 3. The van der Waals surface area contributed by atoms with Crippen molar-refractivity contribution in [2.45, 2.75) is 58.3 Å². The fourth-order valence-electron chi connectivity index (χ4n) is 3.59. The molecule has 212 valence electrons. The van der Waals surface area contributed by atoms with E-state index in [1.165, 1.54) is 25.1 Å². The van der Waals surface area contributed by atoms with Crippen molar-refractivity contribution in [2.75, 3.05) is 32.9 Å². The number of halogens is 3. The molecule has 2 aromatic rings. The highest BCUT2D eigenvalue weighted by Gasteiger charge is 2.31. The van der Waals surface area contributed by atoms with Gasteiger partial charge in [0.15, 0.2) is 0 Å². The van der Waals surface area contributed by atoms with Crippen LogP contribution in [0.2, 0.25) is 0 Å². The molecule has 0 bridgehead atoms. The van der Waals surface area contributed by atoms with Gasteiger partial charge in [0.25, 0.3) is 0 Å². The smallest absolute Gasteiger partial charge is 0.426 e. The maximum absolute atomic E-state index is 12.3. The molecule has 1 atom stereocenters. The number of rotatable bonds is 18. The van der Waals surface area contributed by atoms with Gasteiger partial charge in [0.1, 0.15) is 11.5 Å². The molecule has 0 saturated carbocycles. The van der Waals surface area contributed by atoms with Crippen molar-refractivity contribution in [1.82, 2.24) is 5.32 Å². The molecule has 0 saturated heterocycles. The maximum atomic E-state index is 12.3. The van der Waals surface area contributed by atoms with E-state index in [-0.39, 0.29) is 24.7 Å². The Hall–Kier alpha value is -2.70. The molecule has 0 fully saturated rings. The van der Waals surface area contributed by atoms with Crippen molar-refractivity contribution in [3.8, 4) is 11.5 Å². The van der Waals surface area contributed by atoms with E-state index in [2.05, 4.69) is 10.1 Å². The van der Waals surface area contributed by atoms with Gasteiger partial charge in [-0.2, -0.15) is 0 Å². The zero-order valence-corrected chi connectivity index (χ0v) is 21.5. The van der Waals surface area contributed by atoms with Gasteiger partial charge in [0, 0.05) is 25.6 Å². The third kappa shape index (κ3) is 13.2. The zero-order chi connectivity index (χ0) is 27.8. The van der Waals surface area contributed by atoms with Crippen molar-refractivity contribution >= 4 is 5.97 Å². The van der Waals surface area contributed by atoms with Gasteiger partial charge in [-0.05, 0) is 54.8 Å². The molecule has 2 rings (SSSR count). The van der Waals surface area contributed by atoms with E-state index in [4.69, 9.17) is 14.2 Å². The predicted octanol–water partition coefficient (Wildman–Crippen LogP) is 4.42. The zero-order valence-electron chi connectivity index (χ0n) is 21.5. The summed E-state index contributed by atoms with van der Waals surface area (Å²) in [6.45, 7) is 3.60. The first-order valence-electron chi connectivity index (χ1n) is 12.5. The maximum Gasteiger partial charge on any atom is 0.573 e. The molecule has 0 aliphatic carbocycles. The highest BCUT2D eigenvalue weighted by molar-refractivity contribution is 5.69. The summed E-state index contributed by atoms with van der Waals surface area (Å²) in [6.07, 6.45) is -1.63. The lowest BCUT2D eigenvalue weighted by atomic mass is 10.1. The van der Waals surface area contributed by atoms with Crippen molar-refractivity contribution in [2.24, 2.45) is 0 Å². The second-order valence-corrected chi connectivity index (χ2v) is 8.61. The molecule has 38 heavy (non-hydrogen) atoms. The molecule has 0 radical (unpaired) electrons. The van der Waals surface area contributed by atoms with Crippen molar-refractivity contribution in [3.05, 3.63) is 59.2 Å². The minimum atomic E-state index is -4.72. The van der Waals surface area contributed by atoms with Crippen LogP contribution in [0.5, 0.6) is 11.5 Å². The van der Waals surface area contributed by atoms with E-state index in [0.29, 0.717) is 43.1 Å². The largest absolute Gasteiger partial charge is 0.573 e. The minimum absolute atomic E-state index is 0.169. The van der Waals surface area contributed by atoms with Crippen LogP contribution in [0.1, 0.15) is 55.4 Å². The van der Waals surface area contributed by atoms with E-state index < -0.39 is 18.4 Å². The first-order valence-corrected chi connectivity index (χ1v) is 12.5. The molecule has 0 aromatic heterocycles. The summed E-state index contributed by atoms with van der Waals surface area (Å²) in [6, 6.07) is 10.5. The number of aliphatic hydroxyl groups is 2. The number of alkyl halides is 3. The second-order valence-electron chi connectivity index (χ2n) is 8.61. The topological polar surface area (TPSA) is 106 Å². The van der Waals surface area contributed by atoms with Gasteiger partial charge in [-0.15, -0.1) is 13.2 Å². The summed E-state index contributed by atoms with van der Waals surface area (Å²) >= 11 is 0. The SMILES string of the molecule is CC(=O)Oc1ccc([C@@H](O)CNCCCCCCOCCOCc2cccc(OC(F)(F)F)c2)cc1CO. The van der Waals surface area contributed by atoms with Crippen LogP contribution in [0.15, 0.2) is 42.5 Å². The quantitative estimate of drug-likeness (QED) is 0.144. The number of ether oxygens (including phenoxy) is 4. The fourth-order valence-corrected chi connectivity index (χ4v) is 3.59. The van der Waals surface area contributed by atoms with Gasteiger partial charge < -0.3 is 34.5 Å². The molecule has 8 nitrogen and oxygen atoms in total. The van der Waals surface area contributed by atoms with Gasteiger partial charge in [0.05, 0.1) is 32.5 Å². The molecule has 0 amide bonds. The number of hydrogen-bond donors (Lipinski definition) is 3. The fraction of sp³-hybridized carbons (Fsp3) is 0.519. The number of aliphatic hydroxyl groups excluding tert-OH is 2. The average Bonchev–Trinajstić information content (AvgIpc) is 2.85. The number of carbonyl (C=O) groups excluding carboxylic acids is 1. The Balaban J connectivity index is 1.46. The van der Waals surface area contributed by atoms with Crippen LogP contribution in [-0.4, -0.2) is 55.5 Å².